The molecule has 1 fully saturated rings. The molecule has 0 spiro atoms. The summed E-state index contributed by atoms with van der Waals surface area (Å²) in [5, 5.41) is 8.90. The van der Waals surface area contributed by atoms with Crippen LogP contribution in [0.4, 0.5) is 0 Å². The first kappa shape index (κ1) is 9.29. The Bertz CT molecular complexity index is 350. The van der Waals surface area contributed by atoms with Gasteiger partial charge in [-0.3, -0.25) is 4.90 Å². The van der Waals surface area contributed by atoms with E-state index in [-0.39, 0.29) is 6.04 Å². The maximum absolute atomic E-state index is 8.90. The highest BCUT2D eigenvalue weighted by molar-refractivity contribution is 5.07. The fourth-order valence-electron chi connectivity index (χ4n) is 1.93. The number of nitriles is 1. The predicted molar refractivity (Wildman–Crippen MR) is 52.5 cm³/mol. The molecule has 0 aliphatic carbocycles. The number of rotatable bonds is 2. The van der Waals surface area contributed by atoms with Crippen molar-refractivity contribution in [2.45, 2.75) is 32.4 Å². The molecule has 2 rings (SSSR count). The fraction of sp³-hybridized carbons (Fsp3) is 0.545. The molecule has 0 radical (unpaired) electrons. The number of nitrogens with zero attached hydrogens (tertiary/aromatic N) is 2. The van der Waals surface area contributed by atoms with E-state index in [1.54, 1.807) is 0 Å². The Hall–Kier alpha value is -1.27. The van der Waals surface area contributed by atoms with Crippen LogP contribution in [0.2, 0.25) is 0 Å². The summed E-state index contributed by atoms with van der Waals surface area (Å²) >= 11 is 0. The summed E-state index contributed by atoms with van der Waals surface area (Å²) in [6, 6.07) is 6.36. The van der Waals surface area contributed by atoms with E-state index in [9.17, 15) is 0 Å². The summed E-state index contributed by atoms with van der Waals surface area (Å²) in [5.74, 6) is 1.90. The molecule has 0 N–H and O–H groups in total. The van der Waals surface area contributed by atoms with Crippen molar-refractivity contribution in [1.29, 1.82) is 5.26 Å². The van der Waals surface area contributed by atoms with Crippen LogP contribution in [-0.2, 0) is 6.54 Å². The van der Waals surface area contributed by atoms with Crippen LogP contribution in [0.1, 0.15) is 24.4 Å². The number of hydrogen-bond acceptors (Lipinski definition) is 3. The molecular formula is C11H14N2O. The molecule has 1 saturated heterocycles. The first-order valence-corrected chi connectivity index (χ1v) is 4.98. The van der Waals surface area contributed by atoms with Crippen LogP contribution in [0.15, 0.2) is 16.5 Å². The molecule has 1 aliphatic rings. The molecule has 0 amide bonds. The fourth-order valence-corrected chi connectivity index (χ4v) is 1.93. The monoisotopic (exact) mass is 190 g/mol. The van der Waals surface area contributed by atoms with Gasteiger partial charge < -0.3 is 4.42 Å². The Labute approximate surface area is 83.9 Å². The van der Waals surface area contributed by atoms with E-state index in [1.165, 1.54) is 0 Å². The van der Waals surface area contributed by atoms with E-state index in [1.807, 2.05) is 19.1 Å². The molecule has 0 bridgehead atoms. The van der Waals surface area contributed by atoms with Crippen molar-refractivity contribution in [2.24, 2.45) is 0 Å². The van der Waals surface area contributed by atoms with Gasteiger partial charge in [-0.15, -0.1) is 0 Å². The highest BCUT2D eigenvalue weighted by Gasteiger charge is 2.24. The minimum Gasteiger partial charge on any atom is -0.465 e. The summed E-state index contributed by atoms with van der Waals surface area (Å²) < 4.78 is 5.49. The topological polar surface area (TPSA) is 40.2 Å². The van der Waals surface area contributed by atoms with E-state index in [4.69, 9.17) is 9.68 Å². The maximum atomic E-state index is 8.90. The average molecular weight is 190 g/mol. The molecule has 0 aromatic carbocycles. The quantitative estimate of drug-likeness (QED) is 0.716. The second-order valence-electron chi connectivity index (χ2n) is 3.77. The lowest BCUT2D eigenvalue weighted by molar-refractivity contribution is 0.259. The second-order valence-corrected chi connectivity index (χ2v) is 3.77. The van der Waals surface area contributed by atoms with Crippen molar-refractivity contribution in [3.05, 3.63) is 23.7 Å². The smallest absolute Gasteiger partial charge is 0.118 e. The highest BCUT2D eigenvalue weighted by Crippen LogP contribution is 2.20. The lowest BCUT2D eigenvalue weighted by Gasteiger charge is -2.16. The van der Waals surface area contributed by atoms with Gasteiger partial charge >= 0.3 is 0 Å². The third-order valence-corrected chi connectivity index (χ3v) is 2.67. The van der Waals surface area contributed by atoms with Gasteiger partial charge in [-0.2, -0.15) is 5.26 Å². The van der Waals surface area contributed by atoms with Crippen LogP contribution < -0.4 is 0 Å². The lowest BCUT2D eigenvalue weighted by Crippen LogP contribution is -2.27. The molecule has 3 heteroatoms. The van der Waals surface area contributed by atoms with Gasteiger partial charge in [0.1, 0.15) is 11.5 Å². The van der Waals surface area contributed by atoms with Crippen molar-refractivity contribution in [1.82, 2.24) is 4.90 Å². The Morgan fingerprint density at radius 3 is 3.14 bits per heavy atom. The van der Waals surface area contributed by atoms with E-state index in [2.05, 4.69) is 11.0 Å². The normalized spacial score (nSPS) is 22.4. The SMILES string of the molecule is Cc1ccc(CN2CCCC2C#N)o1. The van der Waals surface area contributed by atoms with Crippen LogP contribution in [0, 0.1) is 18.3 Å². The first-order chi connectivity index (χ1) is 6.79. The molecule has 74 valence electrons. The van der Waals surface area contributed by atoms with E-state index in [0.29, 0.717) is 0 Å². The molecule has 0 saturated carbocycles. The molecular weight excluding hydrogens is 176 g/mol. The molecule has 1 aliphatic heterocycles. The van der Waals surface area contributed by atoms with Crippen LogP contribution >= 0.6 is 0 Å². The molecule has 3 nitrogen and oxygen atoms in total. The molecule has 1 atom stereocenters. The lowest BCUT2D eigenvalue weighted by atomic mass is 10.2. The first-order valence-electron chi connectivity index (χ1n) is 4.98. The standard InChI is InChI=1S/C11H14N2O/c1-9-4-5-11(14-9)8-13-6-2-3-10(13)7-12/h4-5,10H,2-3,6,8H2,1H3. The summed E-state index contributed by atoms with van der Waals surface area (Å²) in [6.07, 6.45) is 2.12. The third-order valence-electron chi connectivity index (χ3n) is 2.67. The Morgan fingerprint density at radius 1 is 1.64 bits per heavy atom. The Balaban J connectivity index is 2.01. The average Bonchev–Trinajstić information content (AvgIpc) is 2.76. The van der Waals surface area contributed by atoms with Gasteiger partial charge in [-0.1, -0.05) is 0 Å². The van der Waals surface area contributed by atoms with Crippen molar-refractivity contribution >= 4 is 0 Å². The molecule has 1 aromatic heterocycles. The number of hydrogen-bond donors (Lipinski definition) is 0. The highest BCUT2D eigenvalue weighted by atomic mass is 16.3. The summed E-state index contributed by atoms with van der Waals surface area (Å²) in [6.45, 7) is 3.72. The van der Waals surface area contributed by atoms with E-state index < -0.39 is 0 Å². The van der Waals surface area contributed by atoms with Gasteiger partial charge in [0.25, 0.3) is 0 Å². The largest absolute Gasteiger partial charge is 0.465 e. The van der Waals surface area contributed by atoms with E-state index in [0.717, 1.165) is 37.5 Å². The summed E-state index contributed by atoms with van der Waals surface area (Å²) in [5.41, 5.74) is 0. The minimum atomic E-state index is 0.0837. The van der Waals surface area contributed by atoms with Crippen LogP contribution in [0.5, 0.6) is 0 Å². The van der Waals surface area contributed by atoms with Crippen molar-refractivity contribution in [2.75, 3.05) is 6.54 Å². The Kier molecular flexibility index (Phi) is 2.55. The van der Waals surface area contributed by atoms with Crippen molar-refractivity contribution in [3.63, 3.8) is 0 Å². The number of aryl methyl sites for hydroxylation is 1. The van der Waals surface area contributed by atoms with Gasteiger partial charge in [0, 0.05) is 0 Å². The van der Waals surface area contributed by atoms with Crippen molar-refractivity contribution < 1.29 is 4.42 Å². The number of likely N-dealkylation sites (tertiary alicyclic amines) is 1. The zero-order valence-electron chi connectivity index (χ0n) is 8.36. The van der Waals surface area contributed by atoms with Gasteiger partial charge in [0.15, 0.2) is 0 Å². The summed E-state index contributed by atoms with van der Waals surface area (Å²) in [4.78, 5) is 2.18. The predicted octanol–water partition coefficient (Wildman–Crippen LogP) is 2.08. The van der Waals surface area contributed by atoms with Gasteiger partial charge in [0.2, 0.25) is 0 Å². The second kappa shape index (κ2) is 3.85. The van der Waals surface area contributed by atoms with Gasteiger partial charge in [-0.05, 0) is 38.4 Å². The molecule has 1 unspecified atom stereocenters. The van der Waals surface area contributed by atoms with Crippen molar-refractivity contribution in [3.8, 4) is 6.07 Å². The minimum absolute atomic E-state index is 0.0837. The molecule has 1 aromatic rings. The summed E-state index contributed by atoms with van der Waals surface area (Å²) in [7, 11) is 0. The van der Waals surface area contributed by atoms with Crippen LogP contribution in [0.25, 0.3) is 0 Å². The van der Waals surface area contributed by atoms with Crippen LogP contribution in [0.3, 0.4) is 0 Å². The zero-order valence-corrected chi connectivity index (χ0v) is 8.36. The third kappa shape index (κ3) is 1.80. The molecule has 14 heavy (non-hydrogen) atoms. The maximum Gasteiger partial charge on any atom is 0.118 e. The zero-order chi connectivity index (χ0) is 9.97. The molecule has 2 heterocycles. The van der Waals surface area contributed by atoms with Gasteiger partial charge in [-0.25, -0.2) is 0 Å². The van der Waals surface area contributed by atoms with E-state index >= 15 is 0 Å². The Morgan fingerprint density at radius 2 is 2.50 bits per heavy atom. The van der Waals surface area contributed by atoms with Crippen LogP contribution in [-0.4, -0.2) is 17.5 Å². The van der Waals surface area contributed by atoms with Gasteiger partial charge in [0.05, 0.1) is 18.7 Å². The number of furan rings is 1.